The Morgan fingerprint density at radius 3 is 2.47 bits per heavy atom. The number of pyridine rings is 1. The second-order valence-electron chi connectivity index (χ2n) is 3.78. The molecule has 19 heavy (non-hydrogen) atoms. The molecule has 1 heterocycles. The van der Waals surface area contributed by atoms with E-state index in [1.807, 2.05) is 30.3 Å². The summed E-state index contributed by atoms with van der Waals surface area (Å²) in [5.74, 6) is 0.457. The Balaban J connectivity index is 2.21. The average molecular weight is 348 g/mol. The number of benzene rings is 1. The Bertz CT molecular complexity index is 558. The van der Waals surface area contributed by atoms with Crippen LogP contribution in [-0.4, -0.2) is 4.98 Å². The second kappa shape index (κ2) is 5.96. The van der Waals surface area contributed by atoms with Crippen molar-refractivity contribution < 1.29 is 13.2 Å². The van der Waals surface area contributed by atoms with E-state index >= 15 is 0 Å². The van der Waals surface area contributed by atoms with Crippen LogP contribution in [0.3, 0.4) is 0 Å². The van der Waals surface area contributed by atoms with Crippen LogP contribution in [0.1, 0.15) is 11.1 Å². The first-order chi connectivity index (χ1) is 8.97. The van der Waals surface area contributed by atoms with E-state index < -0.39 is 11.7 Å². The van der Waals surface area contributed by atoms with Crippen LogP contribution in [0.4, 0.5) is 13.2 Å². The SMILES string of the molecule is FC(F)(F)c1cc(Br)cnc1SCc1ccccc1. The summed E-state index contributed by atoms with van der Waals surface area (Å²) in [6, 6.07) is 10.4. The number of aromatic nitrogens is 1. The highest BCUT2D eigenvalue weighted by Crippen LogP contribution is 2.37. The first kappa shape index (κ1) is 14.4. The Labute approximate surface area is 121 Å². The third-order valence-corrected chi connectivity index (χ3v) is 3.85. The Morgan fingerprint density at radius 1 is 1.16 bits per heavy atom. The molecule has 0 amide bonds. The lowest BCUT2D eigenvalue weighted by Gasteiger charge is -2.11. The van der Waals surface area contributed by atoms with E-state index in [1.165, 1.54) is 6.20 Å². The number of halogens is 4. The number of nitrogens with zero attached hydrogens (tertiary/aromatic N) is 1. The van der Waals surface area contributed by atoms with Gasteiger partial charge in [-0.15, -0.1) is 11.8 Å². The Morgan fingerprint density at radius 2 is 1.84 bits per heavy atom. The molecule has 0 spiro atoms. The molecule has 1 aromatic carbocycles. The number of hydrogen-bond acceptors (Lipinski definition) is 2. The summed E-state index contributed by atoms with van der Waals surface area (Å²) in [5, 5.41) is -0.000414. The Kier molecular flexibility index (Phi) is 4.52. The summed E-state index contributed by atoms with van der Waals surface area (Å²) in [6.07, 6.45) is -3.02. The van der Waals surface area contributed by atoms with Crippen LogP contribution in [0, 0.1) is 0 Å². The summed E-state index contributed by atoms with van der Waals surface area (Å²) in [4.78, 5) is 3.86. The van der Waals surface area contributed by atoms with E-state index in [0.717, 1.165) is 23.4 Å². The van der Waals surface area contributed by atoms with Gasteiger partial charge in [0.15, 0.2) is 0 Å². The molecule has 0 saturated heterocycles. The maximum atomic E-state index is 12.9. The summed E-state index contributed by atoms with van der Waals surface area (Å²) >= 11 is 4.10. The molecular weight excluding hydrogens is 339 g/mol. The lowest BCUT2D eigenvalue weighted by atomic mass is 10.2. The van der Waals surface area contributed by atoms with E-state index in [-0.39, 0.29) is 5.03 Å². The third kappa shape index (κ3) is 3.98. The highest BCUT2D eigenvalue weighted by molar-refractivity contribution is 9.10. The predicted octanol–water partition coefficient (Wildman–Crippen LogP) is 5.16. The van der Waals surface area contributed by atoms with Crippen molar-refractivity contribution in [2.45, 2.75) is 17.0 Å². The molecule has 6 heteroatoms. The smallest absolute Gasteiger partial charge is 0.248 e. The second-order valence-corrected chi connectivity index (χ2v) is 5.66. The van der Waals surface area contributed by atoms with Gasteiger partial charge in [-0.3, -0.25) is 0 Å². The molecule has 0 N–H and O–H groups in total. The van der Waals surface area contributed by atoms with Gasteiger partial charge in [0.2, 0.25) is 0 Å². The van der Waals surface area contributed by atoms with Crippen molar-refractivity contribution in [2.24, 2.45) is 0 Å². The van der Waals surface area contributed by atoms with Gasteiger partial charge >= 0.3 is 6.18 Å². The zero-order valence-corrected chi connectivity index (χ0v) is 12.0. The fraction of sp³-hybridized carbons (Fsp3) is 0.154. The molecule has 0 bridgehead atoms. The fourth-order valence-electron chi connectivity index (χ4n) is 1.47. The molecule has 0 aliphatic carbocycles. The molecule has 100 valence electrons. The van der Waals surface area contributed by atoms with Crippen LogP contribution in [0.2, 0.25) is 0 Å². The molecule has 1 aromatic heterocycles. The lowest BCUT2D eigenvalue weighted by Crippen LogP contribution is -2.08. The van der Waals surface area contributed by atoms with Crippen LogP contribution < -0.4 is 0 Å². The zero-order chi connectivity index (χ0) is 13.9. The minimum Gasteiger partial charge on any atom is -0.248 e. The minimum atomic E-state index is -4.39. The van der Waals surface area contributed by atoms with Gasteiger partial charge in [0.25, 0.3) is 0 Å². The van der Waals surface area contributed by atoms with Crippen molar-refractivity contribution in [1.29, 1.82) is 0 Å². The van der Waals surface area contributed by atoms with Crippen LogP contribution in [0.25, 0.3) is 0 Å². The van der Waals surface area contributed by atoms with Crippen LogP contribution >= 0.6 is 27.7 Å². The first-order valence-electron chi connectivity index (χ1n) is 5.36. The molecule has 0 aliphatic rings. The number of rotatable bonds is 3. The van der Waals surface area contributed by atoms with Gasteiger partial charge < -0.3 is 0 Å². The molecular formula is C13H9BrF3NS. The predicted molar refractivity (Wildman–Crippen MR) is 72.9 cm³/mol. The van der Waals surface area contributed by atoms with E-state index in [1.54, 1.807) is 0 Å². The van der Waals surface area contributed by atoms with Crippen molar-refractivity contribution in [1.82, 2.24) is 4.98 Å². The lowest BCUT2D eigenvalue weighted by molar-refractivity contribution is -0.140. The largest absolute Gasteiger partial charge is 0.419 e. The molecule has 0 aliphatic heterocycles. The highest BCUT2D eigenvalue weighted by Gasteiger charge is 2.34. The van der Waals surface area contributed by atoms with Crippen LogP contribution in [0.5, 0.6) is 0 Å². The summed E-state index contributed by atoms with van der Waals surface area (Å²) < 4.78 is 39.0. The first-order valence-corrected chi connectivity index (χ1v) is 7.14. The summed E-state index contributed by atoms with van der Waals surface area (Å²) in [6.45, 7) is 0. The number of hydrogen-bond donors (Lipinski definition) is 0. The standard InChI is InChI=1S/C13H9BrF3NS/c14-10-6-11(13(15,16)17)12(18-7-10)19-8-9-4-2-1-3-5-9/h1-7H,8H2. The quantitative estimate of drug-likeness (QED) is 0.711. The molecule has 2 rings (SSSR count). The average Bonchev–Trinajstić information content (AvgIpc) is 2.37. The summed E-state index contributed by atoms with van der Waals surface area (Å²) in [7, 11) is 0. The monoisotopic (exact) mass is 347 g/mol. The van der Waals surface area contributed by atoms with Gasteiger partial charge in [-0.25, -0.2) is 4.98 Å². The fourth-order valence-corrected chi connectivity index (χ4v) is 2.76. The van der Waals surface area contributed by atoms with Crippen LogP contribution in [0.15, 0.2) is 52.1 Å². The highest BCUT2D eigenvalue weighted by atomic mass is 79.9. The van der Waals surface area contributed by atoms with Crippen molar-refractivity contribution in [3.63, 3.8) is 0 Å². The molecule has 0 saturated carbocycles. The third-order valence-electron chi connectivity index (χ3n) is 2.34. The minimum absolute atomic E-state index is 0.000414. The molecule has 2 aromatic rings. The van der Waals surface area contributed by atoms with Crippen molar-refractivity contribution >= 4 is 27.7 Å². The van der Waals surface area contributed by atoms with Gasteiger partial charge in [-0.2, -0.15) is 13.2 Å². The molecule has 0 radical (unpaired) electrons. The molecule has 1 nitrogen and oxygen atoms in total. The number of alkyl halides is 3. The summed E-state index contributed by atoms with van der Waals surface area (Å²) in [5.41, 5.74) is 0.258. The van der Waals surface area contributed by atoms with E-state index in [9.17, 15) is 13.2 Å². The van der Waals surface area contributed by atoms with E-state index in [4.69, 9.17) is 0 Å². The van der Waals surface area contributed by atoms with Gasteiger partial charge in [-0.1, -0.05) is 30.3 Å². The molecule has 0 fully saturated rings. The van der Waals surface area contributed by atoms with Gasteiger partial charge in [-0.05, 0) is 27.6 Å². The maximum absolute atomic E-state index is 12.9. The van der Waals surface area contributed by atoms with E-state index in [2.05, 4.69) is 20.9 Å². The topological polar surface area (TPSA) is 12.9 Å². The van der Waals surface area contributed by atoms with Gasteiger partial charge in [0, 0.05) is 16.4 Å². The normalized spacial score (nSPS) is 11.6. The van der Waals surface area contributed by atoms with Crippen LogP contribution in [-0.2, 0) is 11.9 Å². The van der Waals surface area contributed by atoms with Crippen molar-refractivity contribution in [3.8, 4) is 0 Å². The molecule has 0 unspecified atom stereocenters. The molecule has 0 atom stereocenters. The van der Waals surface area contributed by atoms with E-state index in [0.29, 0.717) is 10.2 Å². The van der Waals surface area contributed by atoms with Gasteiger partial charge in [0.05, 0.1) is 5.56 Å². The Hall–Kier alpha value is -1.01. The maximum Gasteiger partial charge on any atom is 0.419 e. The van der Waals surface area contributed by atoms with Crippen molar-refractivity contribution in [2.75, 3.05) is 0 Å². The van der Waals surface area contributed by atoms with Crippen molar-refractivity contribution in [3.05, 3.63) is 58.2 Å². The number of thioether (sulfide) groups is 1. The zero-order valence-electron chi connectivity index (χ0n) is 9.62. The van der Waals surface area contributed by atoms with Gasteiger partial charge in [0.1, 0.15) is 5.03 Å².